The molecule has 1 heterocycles. The van der Waals surface area contributed by atoms with Crippen LogP contribution in [-0.2, 0) is 4.79 Å². The molecule has 1 fully saturated rings. The number of carbonyl (C=O) groups is 2. The van der Waals surface area contributed by atoms with Crippen LogP contribution in [0.5, 0.6) is 0 Å². The molecule has 96 valence electrons. The van der Waals surface area contributed by atoms with Crippen LogP contribution in [0.1, 0.15) is 13.8 Å². The Morgan fingerprint density at radius 1 is 1.65 bits per heavy atom. The first-order chi connectivity index (χ1) is 8.02. The molecular weight excluding hydrogens is 240 g/mol. The second-order valence-corrected chi connectivity index (χ2v) is 5.15. The molecule has 1 saturated heterocycles. The largest absolute Gasteiger partial charge is 0.480 e. The van der Waals surface area contributed by atoms with Crippen LogP contribution in [0.3, 0.4) is 0 Å². The first-order valence-corrected chi connectivity index (χ1v) is 6.60. The Kier molecular flexibility index (Phi) is 4.86. The minimum absolute atomic E-state index is 0.0949. The molecular formula is C11H18N2O3S. The summed E-state index contributed by atoms with van der Waals surface area (Å²) in [5.41, 5.74) is 0. The molecule has 0 aromatic carbocycles. The van der Waals surface area contributed by atoms with Crippen molar-refractivity contribution in [3.8, 4) is 0 Å². The molecule has 0 aromatic heterocycles. The topological polar surface area (TPSA) is 60.9 Å². The lowest BCUT2D eigenvalue weighted by atomic mass is 10.3. The number of urea groups is 1. The van der Waals surface area contributed by atoms with Crippen LogP contribution in [0.15, 0.2) is 12.7 Å². The number of rotatable bonds is 4. The number of hydrogen-bond acceptors (Lipinski definition) is 3. The number of carboxylic acid groups (broad SMARTS) is 1. The Morgan fingerprint density at radius 2 is 2.29 bits per heavy atom. The second kappa shape index (κ2) is 5.95. The number of nitrogens with zero attached hydrogens (tertiary/aromatic N) is 2. The normalized spacial score (nSPS) is 23.5. The molecule has 1 N–H and O–H groups in total. The van der Waals surface area contributed by atoms with Crippen LogP contribution >= 0.6 is 11.8 Å². The minimum Gasteiger partial charge on any atom is -0.480 e. The summed E-state index contributed by atoms with van der Waals surface area (Å²) in [7, 11) is 0. The van der Waals surface area contributed by atoms with Crippen LogP contribution in [0.25, 0.3) is 0 Å². The van der Waals surface area contributed by atoms with Gasteiger partial charge in [-0.05, 0) is 13.8 Å². The fourth-order valence-corrected chi connectivity index (χ4v) is 2.95. The molecule has 6 heteroatoms. The minimum atomic E-state index is -0.940. The molecule has 1 aliphatic heterocycles. The van der Waals surface area contributed by atoms with E-state index in [1.807, 2.05) is 13.8 Å². The van der Waals surface area contributed by atoms with Crippen molar-refractivity contribution in [1.82, 2.24) is 9.80 Å². The van der Waals surface area contributed by atoms with Gasteiger partial charge >= 0.3 is 12.0 Å². The predicted octanol–water partition coefficient (Wildman–Crippen LogP) is 1.46. The van der Waals surface area contributed by atoms with E-state index in [2.05, 4.69) is 6.58 Å². The fourth-order valence-electron chi connectivity index (χ4n) is 1.79. The van der Waals surface area contributed by atoms with Gasteiger partial charge in [0.2, 0.25) is 0 Å². The Morgan fingerprint density at radius 3 is 2.76 bits per heavy atom. The van der Waals surface area contributed by atoms with E-state index in [1.54, 1.807) is 11.0 Å². The van der Waals surface area contributed by atoms with E-state index >= 15 is 0 Å². The monoisotopic (exact) mass is 258 g/mol. The standard InChI is InChI=1S/C11H18N2O3S/c1-4-6-12(5-2)11(16)13-8(3)17-7-9(13)10(14)15/h4,8-9H,1,5-7H2,2-3H3,(H,14,15). The first kappa shape index (κ1) is 13.9. The smallest absolute Gasteiger partial charge is 0.327 e. The number of carbonyl (C=O) groups excluding carboxylic acids is 1. The zero-order chi connectivity index (χ0) is 13.0. The third-order valence-corrected chi connectivity index (χ3v) is 3.95. The van der Waals surface area contributed by atoms with Crippen molar-refractivity contribution in [1.29, 1.82) is 0 Å². The third-order valence-electron chi connectivity index (χ3n) is 2.73. The van der Waals surface area contributed by atoms with E-state index in [0.29, 0.717) is 18.8 Å². The summed E-state index contributed by atoms with van der Waals surface area (Å²) < 4.78 is 0. The average molecular weight is 258 g/mol. The summed E-state index contributed by atoms with van der Waals surface area (Å²) in [5, 5.41) is 8.99. The quantitative estimate of drug-likeness (QED) is 0.776. The van der Waals surface area contributed by atoms with E-state index in [0.717, 1.165) is 0 Å². The third kappa shape index (κ3) is 2.94. The lowest BCUT2D eigenvalue weighted by molar-refractivity contribution is -0.141. The van der Waals surface area contributed by atoms with E-state index in [9.17, 15) is 9.59 Å². The van der Waals surface area contributed by atoms with Gasteiger partial charge in [0.05, 0.1) is 5.37 Å². The predicted molar refractivity (Wildman–Crippen MR) is 68.0 cm³/mol. The Labute approximate surface area is 105 Å². The number of thioether (sulfide) groups is 1. The lowest BCUT2D eigenvalue weighted by Crippen LogP contribution is -2.51. The van der Waals surface area contributed by atoms with Crippen molar-refractivity contribution in [3.05, 3.63) is 12.7 Å². The highest BCUT2D eigenvalue weighted by Crippen LogP contribution is 2.29. The van der Waals surface area contributed by atoms with Gasteiger partial charge < -0.3 is 10.0 Å². The van der Waals surface area contributed by atoms with Gasteiger partial charge in [-0.15, -0.1) is 18.3 Å². The molecule has 0 aliphatic carbocycles. The van der Waals surface area contributed by atoms with Crippen molar-refractivity contribution in [3.63, 3.8) is 0 Å². The summed E-state index contributed by atoms with van der Waals surface area (Å²) in [5.74, 6) is -0.488. The molecule has 1 aliphatic rings. The highest BCUT2D eigenvalue weighted by atomic mass is 32.2. The lowest BCUT2D eigenvalue weighted by Gasteiger charge is -2.31. The highest BCUT2D eigenvalue weighted by molar-refractivity contribution is 8.00. The van der Waals surface area contributed by atoms with Gasteiger partial charge in [-0.1, -0.05) is 6.08 Å². The number of amides is 2. The maximum absolute atomic E-state index is 12.2. The van der Waals surface area contributed by atoms with Gasteiger partial charge in [-0.2, -0.15) is 0 Å². The Balaban J connectivity index is 2.83. The van der Waals surface area contributed by atoms with Gasteiger partial charge in [-0.25, -0.2) is 9.59 Å². The van der Waals surface area contributed by atoms with Crippen LogP contribution in [0.4, 0.5) is 4.79 Å². The highest BCUT2D eigenvalue weighted by Gasteiger charge is 2.40. The van der Waals surface area contributed by atoms with Crippen LogP contribution < -0.4 is 0 Å². The second-order valence-electron chi connectivity index (χ2n) is 3.80. The Bertz CT molecular complexity index is 322. The van der Waals surface area contributed by atoms with E-state index in [4.69, 9.17) is 5.11 Å². The number of hydrogen-bond donors (Lipinski definition) is 1. The van der Waals surface area contributed by atoms with Crippen molar-refractivity contribution in [2.75, 3.05) is 18.8 Å². The maximum Gasteiger partial charge on any atom is 0.327 e. The van der Waals surface area contributed by atoms with Crippen LogP contribution in [0, 0.1) is 0 Å². The number of carboxylic acids is 1. The summed E-state index contributed by atoms with van der Waals surface area (Å²) >= 11 is 1.49. The van der Waals surface area contributed by atoms with Crippen molar-refractivity contribution < 1.29 is 14.7 Å². The van der Waals surface area contributed by atoms with Crippen molar-refractivity contribution in [2.45, 2.75) is 25.3 Å². The molecule has 2 unspecified atom stereocenters. The fraction of sp³-hybridized carbons (Fsp3) is 0.636. The van der Waals surface area contributed by atoms with Crippen LogP contribution in [-0.4, -0.2) is 57.2 Å². The van der Waals surface area contributed by atoms with Gasteiger partial charge in [0.1, 0.15) is 6.04 Å². The zero-order valence-electron chi connectivity index (χ0n) is 10.1. The summed E-state index contributed by atoms with van der Waals surface area (Å²) in [4.78, 5) is 26.3. The molecule has 2 amide bonds. The molecule has 0 aromatic rings. The maximum atomic E-state index is 12.2. The van der Waals surface area contributed by atoms with Crippen molar-refractivity contribution in [2.24, 2.45) is 0 Å². The van der Waals surface area contributed by atoms with Gasteiger partial charge in [0.15, 0.2) is 0 Å². The molecule has 2 atom stereocenters. The molecule has 5 nitrogen and oxygen atoms in total. The van der Waals surface area contributed by atoms with Gasteiger partial charge in [0.25, 0.3) is 0 Å². The van der Waals surface area contributed by atoms with Crippen molar-refractivity contribution >= 4 is 23.8 Å². The Hall–Kier alpha value is -1.17. The number of likely N-dealkylation sites (N-methyl/N-ethyl adjacent to an activating group) is 1. The zero-order valence-corrected chi connectivity index (χ0v) is 10.9. The van der Waals surface area contributed by atoms with Gasteiger partial charge in [0, 0.05) is 18.8 Å². The molecule has 0 radical (unpaired) electrons. The summed E-state index contributed by atoms with van der Waals surface area (Å²) in [6.07, 6.45) is 1.64. The van der Waals surface area contributed by atoms with Gasteiger partial charge in [-0.3, -0.25) is 4.90 Å². The first-order valence-electron chi connectivity index (χ1n) is 5.55. The van der Waals surface area contributed by atoms with E-state index in [1.165, 1.54) is 16.7 Å². The van der Waals surface area contributed by atoms with E-state index in [-0.39, 0.29) is 11.4 Å². The summed E-state index contributed by atoms with van der Waals surface area (Å²) in [6.45, 7) is 8.30. The molecule has 1 rings (SSSR count). The number of aliphatic carboxylic acids is 1. The molecule has 0 spiro atoms. The SMILES string of the molecule is C=CCN(CC)C(=O)N1C(C)SCC1C(=O)O. The average Bonchev–Trinajstić information content (AvgIpc) is 2.67. The molecule has 0 bridgehead atoms. The van der Waals surface area contributed by atoms with E-state index < -0.39 is 12.0 Å². The molecule has 17 heavy (non-hydrogen) atoms. The summed E-state index contributed by atoms with van der Waals surface area (Å²) in [6, 6.07) is -0.946. The molecule has 0 saturated carbocycles. The van der Waals surface area contributed by atoms with Crippen LogP contribution in [0.2, 0.25) is 0 Å².